The summed E-state index contributed by atoms with van der Waals surface area (Å²) in [6.07, 6.45) is 0. The zero-order valence-electron chi connectivity index (χ0n) is 13.1. The van der Waals surface area contributed by atoms with Gasteiger partial charge in [-0.25, -0.2) is 0 Å². The van der Waals surface area contributed by atoms with E-state index in [9.17, 15) is 4.79 Å². The first-order chi connectivity index (χ1) is 10.7. The molecule has 0 saturated carbocycles. The van der Waals surface area contributed by atoms with Crippen LogP contribution in [0.2, 0.25) is 0 Å². The maximum Gasteiger partial charge on any atom is 0.238 e. The highest BCUT2D eigenvalue weighted by molar-refractivity contribution is 5.92. The number of benzene rings is 2. The molecule has 1 amide bonds. The normalized spacial score (nSPS) is 10.5. The molecule has 4 heteroatoms. The summed E-state index contributed by atoms with van der Waals surface area (Å²) in [5.41, 5.74) is 1.97. The minimum Gasteiger partial charge on any atom is -0.494 e. The second kappa shape index (κ2) is 8.20. The lowest BCUT2D eigenvalue weighted by Crippen LogP contribution is -2.29. The Morgan fingerprint density at radius 3 is 2.41 bits per heavy atom. The Labute approximate surface area is 131 Å². The highest BCUT2D eigenvalue weighted by Gasteiger charge is 2.07. The average Bonchev–Trinajstić information content (AvgIpc) is 2.50. The Balaban J connectivity index is 1.81. The molecule has 0 aromatic heterocycles. The van der Waals surface area contributed by atoms with E-state index in [0.717, 1.165) is 18.0 Å². The molecule has 4 nitrogen and oxygen atoms in total. The predicted octanol–water partition coefficient (Wildman–Crippen LogP) is 3.16. The Bertz CT molecular complexity index is 582. The molecule has 0 radical (unpaired) electrons. The van der Waals surface area contributed by atoms with Crippen LogP contribution in [-0.4, -0.2) is 31.0 Å². The van der Waals surface area contributed by atoms with Gasteiger partial charge in [0.2, 0.25) is 5.91 Å². The SMILES string of the molecule is CCOc1ccc(NC(=O)CN(C)Cc2ccccc2)cc1. The number of likely N-dealkylation sites (N-methyl/N-ethyl adjacent to an activating group) is 1. The zero-order valence-corrected chi connectivity index (χ0v) is 13.1. The van der Waals surface area contributed by atoms with Crippen molar-refractivity contribution in [1.29, 1.82) is 0 Å². The fraction of sp³-hybridized carbons (Fsp3) is 0.278. The van der Waals surface area contributed by atoms with Gasteiger partial charge in [-0.2, -0.15) is 0 Å². The zero-order chi connectivity index (χ0) is 15.8. The number of carbonyl (C=O) groups is 1. The molecule has 0 atom stereocenters. The van der Waals surface area contributed by atoms with E-state index >= 15 is 0 Å². The lowest BCUT2D eigenvalue weighted by molar-refractivity contribution is -0.117. The van der Waals surface area contributed by atoms with E-state index in [4.69, 9.17) is 4.74 Å². The second-order valence-corrected chi connectivity index (χ2v) is 5.16. The summed E-state index contributed by atoms with van der Waals surface area (Å²) in [5.74, 6) is 0.782. The molecular weight excluding hydrogens is 276 g/mol. The standard InChI is InChI=1S/C18H22N2O2/c1-3-22-17-11-9-16(10-12-17)19-18(21)14-20(2)13-15-7-5-4-6-8-15/h4-12H,3,13-14H2,1-2H3,(H,19,21). The third-order valence-electron chi connectivity index (χ3n) is 3.16. The van der Waals surface area contributed by atoms with Crippen molar-refractivity contribution in [3.8, 4) is 5.75 Å². The minimum atomic E-state index is -0.0254. The maximum absolute atomic E-state index is 12.0. The number of carbonyl (C=O) groups excluding carboxylic acids is 1. The first kappa shape index (κ1) is 16.0. The van der Waals surface area contributed by atoms with Gasteiger partial charge in [0.15, 0.2) is 0 Å². The lowest BCUT2D eigenvalue weighted by Gasteiger charge is -2.16. The van der Waals surface area contributed by atoms with Crippen molar-refractivity contribution in [2.45, 2.75) is 13.5 Å². The molecule has 0 aliphatic heterocycles. The van der Waals surface area contributed by atoms with Crippen LogP contribution in [-0.2, 0) is 11.3 Å². The first-order valence-corrected chi connectivity index (χ1v) is 7.42. The lowest BCUT2D eigenvalue weighted by atomic mass is 10.2. The third kappa shape index (κ3) is 5.22. The predicted molar refractivity (Wildman–Crippen MR) is 89.0 cm³/mol. The summed E-state index contributed by atoms with van der Waals surface area (Å²) in [6, 6.07) is 17.5. The number of hydrogen-bond acceptors (Lipinski definition) is 3. The Kier molecular flexibility index (Phi) is 5.98. The largest absolute Gasteiger partial charge is 0.494 e. The molecule has 2 aromatic carbocycles. The minimum absolute atomic E-state index is 0.0254. The summed E-state index contributed by atoms with van der Waals surface area (Å²) in [5, 5.41) is 2.89. The van der Waals surface area contributed by atoms with E-state index in [2.05, 4.69) is 17.4 Å². The number of nitrogens with zero attached hydrogens (tertiary/aromatic N) is 1. The summed E-state index contributed by atoms with van der Waals surface area (Å²) in [7, 11) is 1.94. The van der Waals surface area contributed by atoms with E-state index < -0.39 is 0 Å². The van der Waals surface area contributed by atoms with Gasteiger partial charge in [0.25, 0.3) is 0 Å². The summed E-state index contributed by atoms with van der Waals surface area (Å²) in [6.45, 7) is 3.67. The Morgan fingerprint density at radius 1 is 1.09 bits per heavy atom. The van der Waals surface area contributed by atoms with Crippen LogP contribution in [0.4, 0.5) is 5.69 Å². The van der Waals surface area contributed by atoms with Gasteiger partial charge in [0.1, 0.15) is 5.75 Å². The van der Waals surface area contributed by atoms with Crippen molar-refractivity contribution in [2.75, 3.05) is 25.5 Å². The second-order valence-electron chi connectivity index (χ2n) is 5.16. The monoisotopic (exact) mass is 298 g/mol. The molecule has 0 bridgehead atoms. The fourth-order valence-corrected chi connectivity index (χ4v) is 2.20. The van der Waals surface area contributed by atoms with E-state index in [1.165, 1.54) is 5.56 Å². The highest BCUT2D eigenvalue weighted by atomic mass is 16.5. The molecule has 22 heavy (non-hydrogen) atoms. The first-order valence-electron chi connectivity index (χ1n) is 7.42. The van der Waals surface area contributed by atoms with Gasteiger partial charge in [-0.05, 0) is 43.8 Å². The summed E-state index contributed by atoms with van der Waals surface area (Å²) >= 11 is 0. The molecule has 2 aromatic rings. The van der Waals surface area contributed by atoms with Crippen molar-refractivity contribution in [3.05, 3.63) is 60.2 Å². The number of rotatable bonds is 7. The van der Waals surface area contributed by atoms with Gasteiger partial charge < -0.3 is 10.1 Å². The molecule has 0 aliphatic carbocycles. The average molecular weight is 298 g/mol. The van der Waals surface area contributed by atoms with Crippen LogP contribution >= 0.6 is 0 Å². The Hall–Kier alpha value is -2.33. The van der Waals surface area contributed by atoms with Crippen LogP contribution in [0.15, 0.2) is 54.6 Å². The molecule has 0 saturated heterocycles. The van der Waals surface area contributed by atoms with Crippen molar-refractivity contribution in [3.63, 3.8) is 0 Å². The van der Waals surface area contributed by atoms with E-state index in [-0.39, 0.29) is 5.91 Å². The van der Waals surface area contributed by atoms with Gasteiger partial charge in [-0.3, -0.25) is 9.69 Å². The van der Waals surface area contributed by atoms with Crippen LogP contribution in [0.25, 0.3) is 0 Å². The van der Waals surface area contributed by atoms with Crippen LogP contribution in [0.5, 0.6) is 5.75 Å². The number of nitrogens with one attached hydrogen (secondary N) is 1. The van der Waals surface area contributed by atoms with Crippen molar-refractivity contribution < 1.29 is 9.53 Å². The quantitative estimate of drug-likeness (QED) is 0.853. The van der Waals surface area contributed by atoms with Gasteiger partial charge in [-0.15, -0.1) is 0 Å². The van der Waals surface area contributed by atoms with Gasteiger partial charge in [0, 0.05) is 12.2 Å². The van der Waals surface area contributed by atoms with Crippen molar-refractivity contribution in [2.24, 2.45) is 0 Å². The smallest absolute Gasteiger partial charge is 0.238 e. The third-order valence-corrected chi connectivity index (χ3v) is 3.16. The topological polar surface area (TPSA) is 41.6 Å². The molecule has 0 aliphatic rings. The number of anilines is 1. The van der Waals surface area contributed by atoms with Crippen LogP contribution in [0, 0.1) is 0 Å². The fourth-order valence-electron chi connectivity index (χ4n) is 2.20. The number of hydrogen-bond donors (Lipinski definition) is 1. The Morgan fingerprint density at radius 2 is 1.77 bits per heavy atom. The van der Waals surface area contributed by atoms with E-state index in [1.54, 1.807) is 0 Å². The molecule has 0 fully saturated rings. The maximum atomic E-state index is 12.0. The van der Waals surface area contributed by atoms with Crippen LogP contribution in [0.1, 0.15) is 12.5 Å². The van der Waals surface area contributed by atoms with Crippen molar-refractivity contribution >= 4 is 11.6 Å². The molecule has 2 rings (SSSR count). The summed E-state index contributed by atoms with van der Waals surface area (Å²) < 4.78 is 5.38. The number of ether oxygens (including phenoxy) is 1. The van der Waals surface area contributed by atoms with Crippen LogP contribution in [0.3, 0.4) is 0 Å². The van der Waals surface area contributed by atoms with Gasteiger partial charge in [0.05, 0.1) is 13.2 Å². The van der Waals surface area contributed by atoms with E-state index in [1.807, 2.05) is 61.3 Å². The molecule has 0 spiro atoms. The van der Waals surface area contributed by atoms with Gasteiger partial charge in [-0.1, -0.05) is 30.3 Å². The summed E-state index contributed by atoms with van der Waals surface area (Å²) in [4.78, 5) is 14.0. The number of amides is 1. The van der Waals surface area contributed by atoms with Crippen LogP contribution < -0.4 is 10.1 Å². The molecule has 116 valence electrons. The molecule has 0 unspecified atom stereocenters. The van der Waals surface area contributed by atoms with E-state index in [0.29, 0.717) is 13.2 Å². The molecule has 1 N–H and O–H groups in total. The molecule has 0 heterocycles. The highest BCUT2D eigenvalue weighted by Crippen LogP contribution is 2.15. The molecular formula is C18H22N2O2. The van der Waals surface area contributed by atoms with Gasteiger partial charge >= 0.3 is 0 Å². The van der Waals surface area contributed by atoms with Crippen molar-refractivity contribution in [1.82, 2.24) is 4.90 Å².